The fraction of sp³-hybridized carbons (Fsp3) is 0.0435. The van der Waals surface area contributed by atoms with E-state index in [1.165, 1.54) is 18.2 Å². The smallest absolute Gasteiger partial charge is 0.421 e. The molecule has 0 fully saturated rings. The fourth-order valence-corrected chi connectivity index (χ4v) is 3.23. The second kappa shape index (κ2) is 7.91. The van der Waals surface area contributed by atoms with E-state index >= 15 is 0 Å². The Morgan fingerprint density at radius 1 is 0.903 bits per heavy atom. The van der Waals surface area contributed by atoms with Crippen LogP contribution in [0.2, 0.25) is 0 Å². The number of ether oxygens (including phenoxy) is 1. The molecule has 0 bridgehead atoms. The van der Waals surface area contributed by atoms with Crippen molar-refractivity contribution in [2.45, 2.75) is 0 Å². The van der Waals surface area contributed by atoms with Gasteiger partial charge in [0, 0.05) is 11.5 Å². The summed E-state index contributed by atoms with van der Waals surface area (Å²) in [4.78, 5) is 25.0. The second-order valence-corrected chi connectivity index (χ2v) is 6.62. The number of aromatic carboxylic acids is 1. The van der Waals surface area contributed by atoms with Gasteiger partial charge in [0.05, 0.1) is 18.4 Å². The molecule has 4 rings (SSSR count). The van der Waals surface area contributed by atoms with Crippen LogP contribution >= 0.6 is 0 Å². The van der Waals surface area contributed by atoms with Crippen LogP contribution in [0, 0.1) is 11.6 Å². The molecule has 8 heteroatoms. The molecule has 1 aromatic heterocycles. The van der Waals surface area contributed by atoms with Gasteiger partial charge in [0.2, 0.25) is 5.88 Å². The maximum absolute atomic E-state index is 13.6. The summed E-state index contributed by atoms with van der Waals surface area (Å²) < 4.78 is 37.4. The molecule has 3 aromatic carbocycles. The zero-order valence-corrected chi connectivity index (χ0v) is 16.1. The minimum absolute atomic E-state index is 0.00721. The molecule has 0 aliphatic carbocycles. The summed E-state index contributed by atoms with van der Waals surface area (Å²) in [6.45, 7) is 0. The fourth-order valence-electron chi connectivity index (χ4n) is 3.23. The predicted molar refractivity (Wildman–Crippen MR) is 110 cm³/mol. The number of carbonyl (C=O) groups is 2. The quantitative estimate of drug-likeness (QED) is 0.437. The lowest BCUT2D eigenvalue weighted by Crippen LogP contribution is -2.27. The normalized spacial score (nSPS) is 10.8. The molecule has 0 saturated carbocycles. The first-order chi connectivity index (χ1) is 14.9. The minimum atomic E-state index is -1.42. The van der Waals surface area contributed by atoms with Crippen LogP contribution in [0.3, 0.4) is 0 Å². The van der Waals surface area contributed by atoms with E-state index in [0.717, 1.165) is 41.3 Å². The third-order valence-corrected chi connectivity index (χ3v) is 4.69. The van der Waals surface area contributed by atoms with Crippen LogP contribution < -0.4 is 4.90 Å². The van der Waals surface area contributed by atoms with Crippen molar-refractivity contribution in [1.29, 1.82) is 0 Å². The van der Waals surface area contributed by atoms with Crippen molar-refractivity contribution in [1.82, 2.24) is 0 Å². The zero-order chi connectivity index (χ0) is 22.1. The number of carboxylic acid groups (broad SMARTS) is 1. The van der Waals surface area contributed by atoms with Crippen molar-refractivity contribution in [3.63, 3.8) is 0 Å². The summed E-state index contributed by atoms with van der Waals surface area (Å²) in [6.07, 6.45) is -0.910. The van der Waals surface area contributed by atoms with Gasteiger partial charge >= 0.3 is 12.1 Å². The van der Waals surface area contributed by atoms with Crippen LogP contribution in [0.4, 0.5) is 25.1 Å². The molecule has 0 saturated heterocycles. The van der Waals surface area contributed by atoms with E-state index in [1.54, 1.807) is 30.3 Å². The van der Waals surface area contributed by atoms with Gasteiger partial charge in [0.25, 0.3) is 0 Å². The minimum Gasteiger partial charge on any atom is -0.478 e. The average molecular weight is 423 g/mol. The van der Waals surface area contributed by atoms with Crippen LogP contribution in [0.25, 0.3) is 22.1 Å². The van der Waals surface area contributed by atoms with Gasteiger partial charge in [-0.3, -0.25) is 0 Å². The lowest BCUT2D eigenvalue weighted by molar-refractivity contribution is 0.0697. The number of anilines is 2. The highest BCUT2D eigenvalue weighted by Gasteiger charge is 2.27. The third-order valence-electron chi connectivity index (χ3n) is 4.69. The van der Waals surface area contributed by atoms with Crippen molar-refractivity contribution in [2.24, 2.45) is 0 Å². The Labute approximate surface area is 174 Å². The lowest BCUT2D eigenvalue weighted by atomic mass is 10.0. The summed E-state index contributed by atoms with van der Waals surface area (Å²) >= 11 is 0. The van der Waals surface area contributed by atoms with Crippen molar-refractivity contribution < 1.29 is 32.6 Å². The Hall–Kier alpha value is -4.20. The number of fused-ring (bicyclic) bond motifs is 1. The van der Waals surface area contributed by atoms with Crippen molar-refractivity contribution in [3.8, 4) is 11.1 Å². The number of benzene rings is 3. The summed E-state index contributed by atoms with van der Waals surface area (Å²) in [5.74, 6) is -2.54. The van der Waals surface area contributed by atoms with Crippen LogP contribution in [0.15, 0.2) is 71.1 Å². The van der Waals surface area contributed by atoms with Crippen molar-refractivity contribution >= 4 is 34.6 Å². The number of carbonyl (C=O) groups excluding carboxylic acids is 1. The topological polar surface area (TPSA) is 80.0 Å². The molecule has 0 spiro atoms. The Morgan fingerprint density at radius 2 is 1.58 bits per heavy atom. The van der Waals surface area contributed by atoms with E-state index in [0.29, 0.717) is 11.0 Å². The first-order valence-electron chi connectivity index (χ1n) is 9.08. The first-order valence-corrected chi connectivity index (χ1v) is 9.08. The second-order valence-electron chi connectivity index (χ2n) is 6.62. The van der Waals surface area contributed by atoms with Gasteiger partial charge in [0.1, 0.15) is 17.2 Å². The maximum atomic E-state index is 13.6. The Balaban J connectivity index is 1.83. The number of nitrogens with zero attached hydrogens (tertiary/aromatic N) is 1. The number of hydrogen-bond donors (Lipinski definition) is 1. The number of hydrogen-bond acceptors (Lipinski definition) is 4. The standard InChI is InChI=1S/C23H15F2NO5/c1-30-23(29)26(19-8-7-17(25)12-18(19)22(27)28)21-11-15-10-14(4-9-20(15)31-21)13-2-5-16(24)6-3-13/h2-12H,1H3,(H,27,28). The lowest BCUT2D eigenvalue weighted by Gasteiger charge is -2.20. The summed E-state index contributed by atoms with van der Waals surface area (Å²) in [7, 11) is 1.13. The molecule has 0 aliphatic heterocycles. The molecule has 0 radical (unpaired) electrons. The number of furan rings is 1. The van der Waals surface area contributed by atoms with Gasteiger partial charge in [-0.05, 0) is 53.6 Å². The highest BCUT2D eigenvalue weighted by atomic mass is 19.1. The summed E-state index contributed by atoms with van der Waals surface area (Å²) in [5.41, 5.74) is 1.45. The van der Waals surface area contributed by atoms with Gasteiger partial charge in [-0.25, -0.2) is 23.3 Å². The largest absolute Gasteiger partial charge is 0.478 e. The Bertz CT molecular complexity index is 1300. The molecule has 31 heavy (non-hydrogen) atoms. The Kier molecular flexibility index (Phi) is 5.12. The number of amides is 1. The number of methoxy groups -OCH3 is 1. The Morgan fingerprint density at radius 3 is 2.26 bits per heavy atom. The maximum Gasteiger partial charge on any atom is 0.421 e. The van der Waals surface area contributed by atoms with Gasteiger partial charge in [-0.2, -0.15) is 0 Å². The molecule has 6 nitrogen and oxygen atoms in total. The molecular weight excluding hydrogens is 408 g/mol. The average Bonchev–Trinajstić information content (AvgIpc) is 3.17. The molecule has 1 amide bonds. The van der Waals surface area contributed by atoms with Gasteiger partial charge < -0.3 is 14.3 Å². The van der Waals surface area contributed by atoms with E-state index in [2.05, 4.69) is 0 Å². The molecule has 0 unspecified atom stereocenters. The van der Waals surface area contributed by atoms with Gasteiger partial charge in [-0.1, -0.05) is 18.2 Å². The summed E-state index contributed by atoms with van der Waals surface area (Å²) in [5, 5.41) is 10.1. The van der Waals surface area contributed by atoms with Gasteiger partial charge in [0.15, 0.2) is 0 Å². The molecule has 0 aliphatic rings. The molecular formula is C23H15F2NO5. The number of halogens is 2. The van der Waals surface area contributed by atoms with Crippen LogP contribution in [-0.2, 0) is 4.74 Å². The molecule has 4 aromatic rings. The van der Waals surface area contributed by atoms with E-state index in [9.17, 15) is 23.5 Å². The number of rotatable bonds is 4. The number of carboxylic acids is 1. The highest BCUT2D eigenvalue weighted by molar-refractivity contribution is 6.04. The first kappa shape index (κ1) is 20.1. The van der Waals surface area contributed by atoms with E-state index in [4.69, 9.17) is 9.15 Å². The molecule has 0 atom stereocenters. The van der Waals surface area contributed by atoms with Gasteiger partial charge in [-0.15, -0.1) is 0 Å². The summed E-state index contributed by atoms with van der Waals surface area (Å²) in [6, 6.07) is 15.7. The van der Waals surface area contributed by atoms with Crippen LogP contribution in [0.1, 0.15) is 10.4 Å². The van der Waals surface area contributed by atoms with E-state index in [-0.39, 0.29) is 17.4 Å². The zero-order valence-electron chi connectivity index (χ0n) is 16.1. The van der Waals surface area contributed by atoms with Crippen molar-refractivity contribution in [3.05, 3.63) is 83.9 Å². The predicted octanol–water partition coefficient (Wildman–Crippen LogP) is 5.98. The molecule has 156 valence electrons. The van der Waals surface area contributed by atoms with E-state index in [1.807, 2.05) is 0 Å². The molecule has 1 N–H and O–H groups in total. The third kappa shape index (κ3) is 3.83. The van der Waals surface area contributed by atoms with Crippen molar-refractivity contribution in [2.75, 3.05) is 12.0 Å². The monoisotopic (exact) mass is 423 g/mol. The van der Waals surface area contributed by atoms with Crippen LogP contribution in [0.5, 0.6) is 0 Å². The highest BCUT2D eigenvalue weighted by Crippen LogP contribution is 2.36. The molecule has 1 heterocycles. The van der Waals surface area contributed by atoms with E-state index < -0.39 is 23.4 Å². The van der Waals surface area contributed by atoms with Crippen LogP contribution in [-0.4, -0.2) is 24.3 Å². The SMILES string of the molecule is COC(=O)N(c1cc2cc(-c3ccc(F)cc3)ccc2o1)c1ccc(F)cc1C(=O)O.